The molecule has 2 aliphatic rings. The fourth-order valence-electron chi connectivity index (χ4n) is 8.56. The maximum Gasteiger partial charge on any atom is 0.0257 e. The van der Waals surface area contributed by atoms with E-state index >= 15 is 0 Å². The van der Waals surface area contributed by atoms with Crippen molar-refractivity contribution < 1.29 is 0 Å². The van der Waals surface area contributed by atoms with Crippen LogP contribution in [-0.2, 0) is 11.8 Å². The Balaban J connectivity index is 1.26. The maximum atomic E-state index is 4.14. The molecule has 4 aromatic carbocycles. The molecular weight excluding hydrogens is 632 g/mol. The predicted octanol–water partition coefficient (Wildman–Crippen LogP) is 14.6. The average Bonchev–Trinajstić information content (AvgIpc) is 3.59. The summed E-state index contributed by atoms with van der Waals surface area (Å²) in [5, 5.41) is 0. The zero-order chi connectivity index (χ0) is 32.5. The van der Waals surface area contributed by atoms with E-state index in [1.165, 1.54) is 166 Å². The molecule has 0 bridgehead atoms. The van der Waals surface area contributed by atoms with E-state index in [1.807, 2.05) is 0 Å². The molecule has 0 aliphatic heterocycles. The topological polar surface area (TPSA) is 0 Å². The first-order valence-electron chi connectivity index (χ1n) is 19.2. The Kier molecular flexibility index (Phi) is 12.1. The summed E-state index contributed by atoms with van der Waals surface area (Å²) in [6.45, 7) is 4.62. The standard InChI is InChI=1S/C46H55Br/c1-3-5-7-9-11-13-15-19-29-46(30-20-16-14-12-10-8-6-4-2)44-22-18-17-21-42(44)43-27-24-36(34-45(43)46)35-23-26-40-37(31-35)32-38-33-39(47)25-28-41(38)40/h17-18,21-28,31H,3-16,19-20,29-30,32H2,1-2H3. The highest BCUT2D eigenvalue weighted by atomic mass is 79.9. The second-order valence-electron chi connectivity index (χ2n) is 14.5. The summed E-state index contributed by atoms with van der Waals surface area (Å²) in [6.07, 6.45) is 25.3. The van der Waals surface area contributed by atoms with Crippen molar-refractivity contribution in [3.63, 3.8) is 0 Å². The number of hydrogen-bond donors (Lipinski definition) is 0. The molecule has 1 heteroatoms. The molecule has 246 valence electrons. The van der Waals surface area contributed by atoms with Gasteiger partial charge in [-0.05, 0) is 87.0 Å². The molecule has 4 aromatic rings. The van der Waals surface area contributed by atoms with Gasteiger partial charge in [0.25, 0.3) is 0 Å². The van der Waals surface area contributed by atoms with E-state index in [4.69, 9.17) is 0 Å². The van der Waals surface area contributed by atoms with Gasteiger partial charge in [0, 0.05) is 16.0 Å². The fraction of sp³-hybridized carbons (Fsp3) is 0.478. The quantitative estimate of drug-likeness (QED) is 0.0758. The van der Waals surface area contributed by atoms with Crippen LogP contribution in [0.25, 0.3) is 33.4 Å². The Hall–Kier alpha value is -2.64. The van der Waals surface area contributed by atoms with Crippen LogP contribution in [-0.4, -0.2) is 0 Å². The van der Waals surface area contributed by atoms with Crippen molar-refractivity contribution in [1.29, 1.82) is 0 Å². The van der Waals surface area contributed by atoms with Crippen LogP contribution in [0.5, 0.6) is 0 Å². The smallest absolute Gasteiger partial charge is 0.0257 e. The summed E-state index contributed by atoms with van der Waals surface area (Å²) in [6, 6.07) is 33.3. The molecule has 0 atom stereocenters. The zero-order valence-electron chi connectivity index (χ0n) is 29.2. The molecule has 0 fully saturated rings. The zero-order valence-corrected chi connectivity index (χ0v) is 30.7. The molecule has 2 aliphatic carbocycles. The number of benzene rings is 4. The van der Waals surface area contributed by atoms with Crippen molar-refractivity contribution in [2.45, 2.75) is 141 Å². The maximum absolute atomic E-state index is 4.14. The SMILES string of the molecule is CCCCCCCCCCC1(CCCCCCCCCC)c2[c]c(-c3ccc4c(c3)Cc3[c]c(Br)ccc3-4)ccc2-c2ccccc21. The van der Waals surface area contributed by atoms with Gasteiger partial charge in [0.2, 0.25) is 0 Å². The van der Waals surface area contributed by atoms with Gasteiger partial charge in [0.1, 0.15) is 0 Å². The van der Waals surface area contributed by atoms with Gasteiger partial charge in [0.05, 0.1) is 0 Å². The van der Waals surface area contributed by atoms with Crippen molar-refractivity contribution in [3.8, 4) is 33.4 Å². The summed E-state index contributed by atoms with van der Waals surface area (Å²) >= 11 is 3.63. The highest BCUT2D eigenvalue weighted by Crippen LogP contribution is 2.55. The lowest BCUT2D eigenvalue weighted by atomic mass is 9.70. The van der Waals surface area contributed by atoms with Gasteiger partial charge in [-0.25, -0.2) is 0 Å². The van der Waals surface area contributed by atoms with Crippen LogP contribution in [0.2, 0.25) is 0 Å². The molecule has 0 aromatic heterocycles. The van der Waals surface area contributed by atoms with Crippen molar-refractivity contribution in [2.75, 3.05) is 0 Å². The summed E-state index contributed by atoms with van der Waals surface area (Å²) in [4.78, 5) is 0. The van der Waals surface area contributed by atoms with Crippen LogP contribution >= 0.6 is 15.9 Å². The van der Waals surface area contributed by atoms with E-state index in [9.17, 15) is 0 Å². The molecule has 0 amide bonds. The summed E-state index contributed by atoms with van der Waals surface area (Å²) in [7, 11) is 0. The van der Waals surface area contributed by atoms with Crippen molar-refractivity contribution in [1.82, 2.24) is 0 Å². The van der Waals surface area contributed by atoms with E-state index < -0.39 is 0 Å². The van der Waals surface area contributed by atoms with Gasteiger partial charge < -0.3 is 0 Å². The minimum Gasteiger partial charge on any atom is -0.0654 e. The van der Waals surface area contributed by atoms with Crippen LogP contribution in [0.4, 0.5) is 0 Å². The fourth-order valence-corrected chi connectivity index (χ4v) is 8.93. The van der Waals surface area contributed by atoms with E-state index in [0.717, 1.165) is 10.9 Å². The minimum absolute atomic E-state index is 0.0700. The van der Waals surface area contributed by atoms with Crippen LogP contribution in [0, 0.1) is 12.1 Å². The van der Waals surface area contributed by atoms with Gasteiger partial charge >= 0.3 is 0 Å². The van der Waals surface area contributed by atoms with Gasteiger partial charge in [-0.15, -0.1) is 0 Å². The Bertz CT molecular complexity index is 1590. The lowest BCUT2D eigenvalue weighted by molar-refractivity contribution is 0.396. The average molecular weight is 688 g/mol. The minimum atomic E-state index is 0.0700. The Morgan fingerprint density at radius 3 is 1.85 bits per heavy atom. The van der Waals surface area contributed by atoms with Gasteiger partial charge in [-0.3, -0.25) is 0 Å². The van der Waals surface area contributed by atoms with E-state index in [2.05, 4.69) is 109 Å². The van der Waals surface area contributed by atoms with Gasteiger partial charge in [-0.2, -0.15) is 0 Å². The Morgan fingerprint density at radius 2 is 1.17 bits per heavy atom. The van der Waals surface area contributed by atoms with Gasteiger partial charge in [0.15, 0.2) is 0 Å². The first-order valence-corrected chi connectivity index (χ1v) is 19.9. The Morgan fingerprint density at radius 1 is 0.574 bits per heavy atom. The molecule has 0 saturated carbocycles. The third-order valence-electron chi connectivity index (χ3n) is 11.1. The first-order chi connectivity index (χ1) is 23.1. The molecule has 47 heavy (non-hydrogen) atoms. The monoisotopic (exact) mass is 686 g/mol. The Labute approximate surface area is 294 Å². The van der Waals surface area contributed by atoms with E-state index in [1.54, 1.807) is 5.56 Å². The van der Waals surface area contributed by atoms with Crippen molar-refractivity contribution in [2.24, 2.45) is 0 Å². The molecule has 0 heterocycles. The molecule has 0 nitrogen and oxygen atoms in total. The number of fused-ring (bicyclic) bond motifs is 6. The molecule has 0 spiro atoms. The van der Waals surface area contributed by atoms with Crippen molar-refractivity contribution >= 4 is 15.9 Å². The van der Waals surface area contributed by atoms with E-state index in [-0.39, 0.29) is 5.41 Å². The molecule has 0 saturated heterocycles. The summed E-state index contributed by atoms with van der Waals surface area (Å²) < 4.78 is 1.04. The molecule has 2 radical (unpaired) electrons. The highest BCUT2D eigenvalue weighted by Gasteiger charge is 2.42. The lowest BCUT2D eigenvalue weighted by Crippen LogP contribution is -2.25. The van der Waals surface area contributed by atoms with Crippen LogP contribution in [0.1, 0.15) is 152 Å². The third-order valence-corrected chi connectivity index (χ3v) is 11.6. The largest absolute Gasteiger partial charge is 0.0654 e. The normalized spacial score (nSPS) is 13.8. The number of halogens is 1. The number of hydrogen-bond acceptors (Lipinski definition) is 0. The molecule has 6 rings (SSSR count). The van der Waals surface area contributed by atoms with Crippen LogP contribution < -0.4 is 0 Å². The summed E-state index contributed by atoms with van der Waals surface area (Å²) in [5.74, 6) is 0. The lowest BCUT2D eigenvalue weighted by Gasteiger charge is -2.33. The number of unbranched alkanes of at least 4 members (excludes halogenated alkanes) is 14. The molecule has 0 unspecified atom stereocenters. The van der Waals surface area contributed by atoms with E-state index in [0.29, 0.717) is 0 Å². The van der Waals surface area contributed by atoms with Crippen LogP contribution in [0.3, 0.4) is 0 Å². The molecular formula is C46H55Br. The second kappa shape index (κ2) is 16.6. The van der Waals surface area contributed by atoms with Crippen molar-refractivity contribution in [3.05, 3.63) is 106 Å². The second-order valence-corrected chi connectivity index (χ2v) is 15.3. The number of rotatable bonds is 19. The van der Waals surface area contributed by atoms with Crippen LogP contribution in [0.15, 0.2) is 71.2 Å². The predicted molar refractivity (Wildman–Crippen MR) is 206 cm³/mol. The third kappa shape index (κ3) is 7.83. The highest BCUT2D eigenvalue weighted by molar-refractivity contribution is 9.10. The summed E-state index contributed by atoms with van der Waals surface area (Å²) in [5.41, 5.74) is 13.9. The van der Waals surface area contributed by atoms with Gasteiger partial charge in [-0.1, -0.05) is 193 Å². The molecule has 0 N–H and O–H groups in total. The first kappa shape index (κ1) is 34.2.